The number of fused-ring (bicyclic) bond motifs is 1. The minimum Gasteiger partial charge on any atom is -0.387 e. The Morgan fingerprint density at radius 1 is 1.13 bits per heavy atom. The van der Waals surface area contributed by atoms with Gasteiger partial charge in [0.1, 0.15) is 30.2 Å². The fourth-order valence-corrected chi connectivity index (χ4v) is 4.19. The number of aromatic nitrogens is 4. The molecular weight excluding hydrogens is 429 g/mol. The van der Waals surface area contributed by atoms with Crippen molar-refractivity contribution >= 4 is 24.8 Å². The first kappa shape index (κ1) is 24.0. The van der Waals surface area contributed by atoms with Crippen molar-refractivity contribution in [2.75, 3.05) is 18.9 Å². The van der Waals surface area contributed by atoms with Gasteiger partial charge in [0, 0.05) is 0 Å². The predicted octanol–water partition coefficient (Wildman–Crippen LogP) is 1.52. The van der Waals surface area contributed by atoms with Gasteiger partial charge in [0.05, 0.1) is 19.5 Å². The van der Waals surface area contributed by atoms with Gasteiger partial charge in [0.15, 0.2) is 17.7 Å². The molecule has 3 rings (SSSR count). The Bertz CT molecular complexity index is 897. The Labute approximate surface area is 180 Å². The molecule has 2 aromatic heterocycles. The van der Waals surface area contributed by atoms with E-state index >= 15 is 0 Å². The van der Waals surface area contributed by atoms with Crippen molar-refractivity contribution in [1.82, 2.24) is 19.5 Å². The third-order valence-corrected chi connectivity index (χ3v) is 6.14. The number of unbranched alkanes of at least 4 members (excludes halogenated alkanes) is 5. The minimum atomic E-state index is -4.31. The van der Waals surface area contributed by atoms with Gasteiger partial charge in [-0.3, -0.25) is 13.6 Å². The van der Waals surface area contributed by atoms with Crippen LogP contribution < -0.4 is 5.73 Å². The van der Waals surface area contributed by atoms with E-state index in [-0.39, 0.29) is 12.4 Å². The highest BCUT2D eigenvalue weighted by Crippen LogP contribution is 2.44. The van der Waals surface area contributed by atoms with Crippen molar-refractivity contribution in [1.29, 1.82) is 0 Å². The Morgan fingerprint density at radius 2 is 1.87 bits per heavy atom. The quantitative estimate of drug-likeness (QED) is 0.267. The lowest BCUT2D eigenvalue weighted by atomic mass is 10.1. The first-order valence-corrected chi connectivity index (χ1v) is 11.9. The van der Waals surface area contributed by atoms with E-state index < -0.39 is 39.0 Å². The summed E-state index contributed by atoms with van der Waals surface area (Å²) in [5.41, 5.74) is 6.41. The van der Waals surface area contributed by atoms with Crippen molar-refractivity contribution in [3.8, 4) is 0 Å². The molecule has 1 aliphatic rings. The summed E-state index contributed by atoms with van der Waals surface area (Å²) in [7, 11) is -4.31. The number of hydrogen-bond acceptors (Lipinski definition) is 10. The van der Waals surface area contributed by atoms with Gasteiger partial charge in [-0.2, -0.15) is 0 Å². The smallest absolute Gasteiger partial charge is 0.387 e. The second-order valence-electron chi connectivity index (χ2n) is 7.49. The predicted molar refractivity (Wildman–Crippen MR) is 111 cm³/mol. The highest BCUT2D eigenvalue weighted by molar-refractivity contribution is 7.47. The lowest BCUT2D eigenvalue weighted by molar-refractivity contribution is -0.0514. The summed E-state index contributed by atoms with van der Waals surface area (Å²) in [6, 6.07) is 0. The van der Waals surface area contributed by atoms with Crippen LogP contribution in [0.5, 0.6) is 0 Å². The molecule has 0 radical (unpaired) electrons. The van der Waals surface area contributed by atoms with Gasteiger partial charge in [-0.25, -0.2) is 19.5 Å². The molecule has 0 amide bonds. The number of anilines is 1. The van der Waals surface area contributed by atoms with Crippen LogP contribution in [0.4, 0.5) is 5.82 Å². The van der Waals surface area contributed by atoms with E-state index in [0.29, 0.717) is 17.6 Å². The molecule has 12 nitrogen and oxygen atoms in total. The van der Waals surface area contributed by atoms with E-state index in [0.717, 1.165) is 25.7 Å². The van der Waals surface area contributed by atoms with Crippen molar-refractivity contribution in [3.05, 3.63) is 12.7 Å². The van der Waals surface area contributed by atoms with Gasteiger partial charge in [-0.05, 0) is 6.42 Å². The Hall–Kier alpha value is -1.66. The van der Waals surface area contributed by atoms with Crippen molar-refractivity contribution in [2.24, 2.45) is 0 Å². The lowest BCUT2D eigenvalue weighted by Crippen LogP contribution is -2.33. The number of nitrogens with two attached hydrogens (primary N) is 1. The molecular formula is C18H30N5O7P. The molecule has 0 saturated carbocycles. The number of hydrogen-bond donors (Lipinski definition) is 4. The van der Waals surface area contributed by atoms with E-state index in [9.17, 15) is 19.7 Å². The maximum atomic E-state index is 12.1. The van der Waals surface area contributed by atoms with Crippen LogP contribution in [0.2, 0.25) is 0 Å². The molecule has 1 saturated heterocycles. The lowest BCUT2D eigenvalue weighted by Gasteiger charge is -2.17. The van der Waals surface area contributed by atoms with Crippen LogP contribution in [-0.2, 0) is 18.3 Å². The molecule has 31 heavy (non-hydrogen) atoms. The van der Waals surface area contributed by atoms with Crippen LogP contribution in [-0.4, -0.2) is 66.2 Å². The number of imidazole rings is 1. The van der Waals surface area contributed by atoms with E-state index in [1.807, 2.05) is 0 Å². The SMILES string of the molecule is CCCCCCCCOP(=O)(O)OC[C@H]1O[C@@H](n2cnc3c(N)ncnc32)[C@@H](O)[C@@H]1O. The molecule has 1 unspecified atom stereocenters. The van der Waals surface area contributed by atoms with Crippen LogP contribution in [0.3, 0.4) is 0 Å². The molecule has 0 aromatic carbocycles. The van der Waals surface area contributed by atoms with Gasteiger partial charge in [-0.15, -0.1) is 0 Å². The molecule has 2 aromatic rings. The first-order chi connectivity index (χ1) is 14.8. The number of ether oxygens (including phenoxy) is 1. The zero-order valence-corrected chi connectivity index (χ0v) is 18.3. The van der Waals surface area contributed by atoms with Gasteiger partial charge < -0.3 is 25.6 Å². The van der Waals surface area contributed by atoms with Crippen LogP contribution in [0, 0.1) is 0 Å². The minimum absolute atomic E-state index is 0.0986. The van der Waals surface area contributed by atoms with E-state index in [1.165, 1.54) is 23.6 Å². The van der Waals surface area contributed by atoms with E-state index in [4.69, 9.17) is 19.5 Å². The van der Waals surface area contributed by atoms with Crippen LogP contribution in [0.15, 0.2) is 12.7 Å². The van der Waals surface area contributed by atoms with Crippen molar-refractivity contribution in [2.45, 2.75) is 70.0 Å². The highest BCUT2D eigenvalue weighted by atomic mass is 31.2. The monoisotopic (exact) mass is 459 g/mol. The molecule has 1 fully saturated rings. The fourth-order valence-electron chi connectivity index (χ4n) is 3.42. The average Bonchev–Trinajstić information content (AvgIpc) is 3.28. The second kappa shape index (κ2) is 10.8. The van der Waals surface area contributed by atoms with Crippen LogP contribution in [0.1, 0.15) is 51.7 Å². The van der Waals surface area contributed by atoms with Gasteiger partial charge >= 0.3 is 7.82 Å². The van der Waals surface area contributed by atoms with Crippen molar-refractivity contribution in [3.63, 3.8) is 0 Å². The Balaban J connectivity index is 1.51. The van der Waals surface area contributed by atoms with Crippen LogP contribution in [0.25, 0.3) is 11.2 Å². The fraction of sp³-hybridized carbons (Fsp3) is 0.722. The van der Waals surface area contributed by atoms with Gasteiger partial charge in [0.25, 0.3) is 0 Å². The zero-order valence-electron chi connectivity index (χ0n) is 17.4. The normalized spacial score (nSPS) is 25.8. The topological polar surface area (TPSA) is 175 Å². The zero-order chi connectivity index (χ0) is 22.4. The summed E-state index contributed by atoms with van der Waals surface area (Å²) in [5, 5.41) is 20.7. The van der Waals surface area contributed by atoms with Gasteiger partial charge in [-0.1, -0.05) is 39.0 Å². The maximum absolute atomic E-state index is 12.1. The van der Waals surface area contributed by atoms with E-state index in [2.05, 4.69) is 21.9 Å². The molecule has 5 N–H and O–H groups in total. The maximum Gasteiger partial charge on any atom is 0.472 e. The molecule has 13 heteroatoms. The third-order valence-electron chi connectivity index (χ3n) is 5.15. The Kier molecular flexibility index (Phi) is 8.34. The summed E-state index contributed by atoms with van der Waals surface area (Å²) in [6.45, 7) is 1.79. The highest BCUT2D eigenvalue weighted by Gasteiger charge is 2.45. The van der Waals surface area contributed by atoms with Crippen LogP contribution >= 0.6 is 7.82 Å². The summed E-state index contributed by atoms with van der Waals surface area (Å²) in [5.74, 6) is 0.167. The standard InChI is InChI=1S/C18H30N5O7P/c1-2-3-4-5-6-7-8-28-31(26,27)29-9-12-14(24)15(25)18(30-12)23-11-22-13-16(19)20-10-21-17(13)23/h10-12,14-15,18,24-25H,2-9H2,1H3,(H,26,27)(H2,19,20,21)/t12-,14-,15+,18-/m1/s1. The third kappa shape index (κ3) is 5.98. The Morgan fingerprint density at radius 3 is 2.65 bits per heavy atom. The largest absolute Gasteiger partial charge is 0.472 e. The average molecular weight is 459 g/mol. The summed E-state index contributed by atoms with van der Waals surface area (Å²) in [4.78, 5) is 21.9. The number of nitrogens with zero attached hydrogens (tertiary/aromatic N) is 4. The summed E-state index contributed by atoms with van der Waals surface area (Å²) in [6.07, 6.45) is 3.88. The van der Waals surface area contributed by atoms with Crippen molar-refractivity contribution < 1.29 is 33.5 Å². The summed E-state index contributed by atoms with van der Waals surface area (Å²) >= 11 is 0. The molecule has 0 spiro atoms. The molecule has 174 valence electrons. The van der Waals surface area contributed by atoms with E-state index in [1.54, 1.807) is 0 Å². The molecule has 0 aliphatic carbocycles. The molecule has 1 aliphatic heterocycles. The summed E-state index contributed by atoms with van der Waals surface area (Å²) < 4.78 is 29.1. The molecule has 0 bridgehead atoms. The number of rotatable bonds is 12. The molecule has 5 atom stereocenters. The number of nitrogen functional groups attached to an aromatic ring is 1. The number of aliphatic hydroxyl groups excluding tert-OH is 2. The molecule has 3 heterocycles. The first-order valence-electron chi connectivity index (χ1n) is 10.4. The van der Waals surface area contributed by atoms with Gasteiger partial charge in [0.2, 0.25) is 0 Å². The number of aliphatic hydroxyl groups is 2. The second-order valence-corrected chi connectivity index (χ2v) is 8.95. The number of phosphoric acid groups is 1. The number of phosphoric ester groups is 1.